The van der Waals surface area contributed by atoms with Crippen molar-refractivity contribution < 1.29 is 8.42 Å². The number of nitrogens with zero attached hydrogens (tertiary/aromatic N) is 1. The van der Waals surface area contributed by atoms with E-state index in [1.807, 2.05) is 20.8 Å². The topological polar surface area (TPSA) is 63.4 Å². The first-order valence-corrected chi connectivity index (χ1v) is 7.42. The molecule has 0 bridgehead atoms. The first-order chi connectivity index (χ1) is 8.14. The van der Waals surface area contributed by atoms with Crippen LogP contribution in [0.2, 0.25) is 0 Å². The molecule has 5 heteroatoms. The number of hydrogen-bond acceptors (Lipinski definition) is 3. The van der Waals surface area contributed by atoms with Crippen molar-refractivity contribution in [1.29, 1.82) is 0 Å². The van der Waals surface area contributed by atoms with Gasteiger partial charge < -0.3 is 5.73 Å². The summed E-state index contributed by atoms with van der Waals surface area (Å²) >= 11 is 0. The van der Waals surface area contributed by atoms with Gasteiger partial charge in [0.15, 0.2) is 0 Å². The largest absolute Gasteiger partial charge is 0.398 e. The van der Waals surface area contributed by atoms with Crippen LogP contribution in [-0.4, -0.2) is 25.3 Å². The quantitative estimate of drug-likeness (QED) is 0.854. The van der Waals surface area contributed by atoms with Crippen LogP contribution in [0.15, 0.2) is 23.1 Å². The number of aryl methyl sites for hydroxylation is 1. The molecule has 0 fully saturated rings. The van der Waals surface area contributed by atoms with Crippen LogP contribution in [0.3, 0.4) is 0 Å². The lowest BCUT2D eigenvalue weighted by molar-refractivity contribution is 0.257. The van der Waals surface area contributed by atoms with Gasteiger partial charge >= 0.3 is 0 Å². The molecule has 0 saturated heterocycles. The number of nitrogens with two attached hydrogens (primary N) is 1. The maximum Gasteiger partial charge on any atom is 0.245 e. The van der Waals surface area contributed by atoms with E-state index in [4.69, 9.17) is 5.73 Å². The number of nitrogen functional groups attached to an aromatic ring is 1. The molecule has 0 heterocycles. The lowest BCUT2D eigenvalue weighted by atomic mass is 10.0. The molecule has 18 heavy (non-hydrogen) atoms. The number of benzene rings is 1. The standard InChI is InChI=1S/C13H22N2O2S/c1-6-13(3,4)15(5)18(16,17)12-10(2)8-7-9-11(12)14/h7-9H,6,14H2,1-5H3. The second kappa shape index (κ2) is 4.90. The highest BCUT2D eigenvalue weighted by atomic mass is 32.2. The van der Waals surface area contributed by atoms with E-state index in [-0.39, 0.29) is 4.90 Å². The second-order valence-electron chi connectivity index (χ2n) is 5.13. The maximum absolute atomic E-state index is 12.6. The summed E-state index contributed by atoms with van der Waals surface area (Å²) in [4.78, 5) is 0.217. The Labute approximate surface area is 110 Å². The first-order valence-electron chi connectivity index (χ1n) is 5.98. The minimum atomic E-state index is -3.56. The number of hydrogen-bond donors (Lipinski definition) is 1. The summed E-state index contributed by atoms with van der Waals surface area (Å²) in [5, 5.41) is 0. The number of rotatable bonds is 4. The Hall–Kier alpha value is -1.07. The molecule has 1 aromatic carbocycles. The third-order valence-electron chi connectivity index (χ3n) is 3.58. The summed E-state index contributed by atoms with van der Waals surface area (Å²) in [6, 6.07) is 5.14. The molecular formula is C13H22N2O2S. The molecule has 0 aromatic heterocycles. The van der Waals surface area contributed by atoms with Crippen molar-refractivity contribution in [3.8, 4) is 0 Å². The molecule has 0 spiro atoms. The van der Waals surface area contributed by atoms with Crippen LogP contribution < -0.4 is 5.73 Å². The fourth-order valence-electron chi connectivity index (χ4n) is 1.71. The molecule has 4 nitrogen and oxygen atoms in total. The fourth-order valence-corrected chi connectivity index (χ4v) is 3.61. The van der Waals surface area contributed by atoms with Crippen molar-refractivity contribution in [3.63, 3.8) is 0 Å². The van der Waals surface area contributed by atoms with Crippen molar-refractivity contribution in [2.24, 2.45) is 0 Å². The molecule has 1 aromatic rings. The van der Waals surface area contributed by atoms with E-state index in [2.05, 4.69) is 0 Å². The van der Waals surface area contributed by atoms with Gasteiger partial charge in [0.1, 0.15) is 4.90 Å². The molecule has 0 radical (unpaired) electrons. The molecule has 0 amide bonds. The van der Waals surface area contributed by atoms with Crippen molar-refractivity contribution in [2.45, 2.75) is 44.6 Å². The molecule has 102 valence electrons. The lowest BCUT2D eigenvalue weighted by Gasteiger charge is -2.34. The Kier molecular flexibility index (Phi) is 4.08. The lowest BCUT2D eigenvalue weighted by Crippen LogP contribution is -2.44. The van der Waals surface area contributed by atoms with Crippen LogP contribution in [0.1, 0.15) is 32.8 Å². The van der Waals surface area contributed by atoms with Crippen LogP contribution in [0.4, 0.5) is 5.69 Å². The highest BCUT2D eigenvalue weighted by Gasteiger charge is 2.34. The average molecular weight is 270 g/mol. The first kappa shape index (κ1) is 15.0. The number of anilines is 1. The van der Waals surface area contributed by atoms with E-state index in [1.165, 1.54) is 4.31 Å². The Balaban J connectivity index is 3.40. The molecule has 0 aliphatic carbocycles. The van der Waals surface area contributed by atoms with Crippen molar-refractivity contribution in [3.05, 3.63) is 23.8 Å². The summed E-state index contributed by atoms with van der Waals surface area (Å²) in [5.41, 5.74) is 6.36. The minimum absolute atomic E-state index is 0.217. The van der Waals surface area contributed by atoms with Gasteiger partial charge in [-0.25, -0.2) is 8.42 Å². The predicted molar refractivity (Wildman–Crippen MR) is 74.9 cm³/mol. The van der Waals surface area contributed by atoms with Crippen LogP contribution >= 0.6 is 0 Å². The minimum Gasteiger partial charge on any atom is -0.398 e. The highest BCUT2D eigenvalue weighted by molar-refractivity contribution is 7.89. The monoisotopic (exact) mass is 270 g/mol. The zero-order valence-electron chi connectivity index (χ0n) is 11.7. The predicted octanol–water partition coefficient (Wildman–Crippen LogP) is 2.39. The van der Waals surface area contributed by atoms with Gasteiger partial charge in [-0.3, -0.25) is 0 Å². The van der Waals surface area contributed by atoms with E-state index in [9.17, 15) is 8.42 Å². The normalized spacial score (nSPS) is 13.0. The van der Waals surface area contributed by atoms with Gasteiger partial charge in [0, 0.05) is 12.6 Å². The number of sulfonamides is 1. The molecule has 0 atom stereocenters. The summed E-state index contributed by atoms with van der Waals surface area (Å²) < 4.78 is 26.7. The highest BCUT2D eigenvalue weighted by Crippen LogP contribution is 2.30. The Morgan fingerprint density at radius 3 is 2.33 bits per heavy atom. The van der Waals surface area contributed by atoms with Crippen molar-refractivity contribution >= 4 is 15.7 Å². The Morgan fingerprint density at radius 2 is 1.89 bits per heavy atom. The van der Waals surface area contributed by atoms with E-state index in [1.54, 1.807) is 32.2 Å². The molecule has 0 saturated carbocycles. The van der Waals surface area contributed by atoms with Crippen LogP contribution in [0.25, 0.3) is 0 Å². The summed E-state index contributed by atoms with van der Waals surface area (Å²) in [6.45, 7) is 7.53. The smallest absolute Gasteiger partial charge is 0.245 e. The third kappa shape index (κ3) is 2.52. The maximum atomic E-state index is 12.6. The van der Waals surface area contributed by atoms with E-state index < -0.39 is 15.6 Å². The second-order valence-corrected chi connectivity index (χ2v) is 7.04. The molecular weight excluding hydrogens is 248 g/mol. The van der Waals surface area contributed by atoms with Crippen LogP contribution in [-0.2, 0) is 10.0 Å². The van der Waals surface area contributed by atoms with E-state index in [0.29, 0.717) is 11.3 Å². The van der Waals surface area contributed by atoms with Crippen molar-refractivity contribution in [1.82, 2.24) is 4.31 Å². The van der Waals surface area contributed by atoms with Crippen LogP contribution in [0, 0.1) is 6.92 Å². The molecule has 0 unspecified atom stereocenters. The van der Waals surface area contributed by atoms with Crippen molar-refractivity contribution in [2.75, 3.05) is 12.8 Å². The summed E-state index contributed by atoms with van der Waals surface area (Å²) in [5.74, 6) is 0. The fraction of sp³-hybridized carbons (Fsp3) is 0.538. The van der Waals surface area contributed by atoms with Gasteiger partial charge in [-0.05, 0) is 38.8 Å². The van der Waals surface area contributed by atoms with E-state index in [0.717, 1.165) is 6.42 Å². The van der Waals surface area contributed by atoms with Gasteiger partial charge in [0.2, 0.25) is 10.0 Å². The SMILES string of the molecule is CCC(C)(C)N(C)S(=O)(=O)c1c(C)cccc1N. The summed E-state index contributed by atoms with van der Waals surface area (Å²) in [7, 11) is -1.96. The third-order valence-corrected chi connectivity index (χ3v) is 5.87. The van der Waals surface area contributed by atoms with Gasteiger partial charge in [0.25, 0.3) is 0 Å². The average Bonchev–Trinajstić information content (AvgIpc) is 2.27. The Morgan fingerprint density at radius 1 is 1.33 bits per heavy atom. The zero-order valence-corrected chi connectivity index (χ0v) is 12.5. The zero-order chi connectivity index (χ0) is 14.1. The summed E-state index contributed by atoms with van der Waals surface area (Å²) in [6.07, 6.45) is 0.731. The molecule has 1 rings (SSSR count). The van der Waals surface area contributed by atoms with Gasteiger partial charge in [-0.2, -0.15) is 4.31 Å². The molecule has 2 N–H and O–H groups in total. The molecule has 0 aliphatic heterocycles. The van der Waals surface area contributed by atoms with Gasteiger partial charge in [-0.1, -0.05) is 19.1 Å². The Bertz CT molecular complexity index is 516. The van der Waals surface area contributed by atoms with E-state index >= 15 is 0 Å². The van der Waals surface area contributed by atoms with Gasteiger partial charge in [-0.15, -0.1) is 0 Å². The van der Waals surface area contributed by atoms with Crippen LogP contribution in [0.5, 0.6) is 0 Å². The molecule has 0 aliphatic rings. The van der Waals surface area contributed by atoms with Gasteiger partial charge in [0.05, 0.1) is 5.69 Å².